The van der Waals surface area contributed by atoms with Crippen LogP contribution in [0.2, 0.25) is 0 Å². The van der Waals surface area contributed by atoms with E-state index in [2.05, 4.69) is 5.16 Å². The zero-order chi connectivity index (χ0) is 33.9. The maximum absolute atomic E-state index is 13.6. The lowest BCUT2D eigenvalue weighted by molar-refractivity contribution is -0.299. The van der Waals surface area contributed by atoms with E-state index in [1.54, 1.807) is 27.7 Å². The van der Waals surface area contributed by atoms with Crippen molar-refractivity contribution in [1.29, 1.82) is 0 Å². The van der Waals surface area contributed by atoms with Gasteiger partial charge in [0.2, 0.25) is 0 Å². The van der Waals surface area contributed by atoms with E-state index in [9.17, 15) is 35.2 Å². The van der Waals surface area contributed by atoms with E-state index in [1.807, 2.05) is 25.9 Å². The van der Waals surface area contributed by atoms with Crippen LogP contribution in [0.25, 0.3) is 0 Å². The lowest BCUT2D eigenvalue weighted by Crippen LogP contribution is -2.60. The molecule has 0 aromatic rings. The van der Waals surface area contributed by atoms with Crippen molar-refractivity contribution in [2.24, 2.45) is 28.8 Å². The molecule has 14 unspecified atom stereocenters. The van der Waals surface area contributed by atoms with Gasteiger partial charge >= 0.3 is 11.9 Å². The predicted molar refractivity (Wildman–Crippen MR) is 161 cm³/mol. The fourth-order valence-corrected chi connectivity index (χ4v) is 7.00. The second kappa shape index (κ2) is 15.1. The van der Waals surface area contributed by atoms with Crippen LogP contribution >= 0.6 is 0 Å². The summed E-state index contributed by atoms with van der Waals surface area (Å²) in [5.74, 6) is -5.00. The quantitative estimate of drug-likeness (QED) is 0.168. The standard InChI is InChI=1S/C31H56N2O11/c1-12-22-31(9,39)26(36)17(4)23(32-40)15(2)14-30(8,38)27(18(5)25(42-20(7)34)19(6)28(37)43-22)44-29-24(35)21(33(10)11)13-16(3)41-29/h15-19,21-22,24-27,29,35-36,38-40H,12-14H2,1-11H3. The number of cyclic esters (lactones) is 1. The molecule has 0 radical (unpaired) electrons. The maximum atomic E-state index is 13.6. The second-order valence-electron chi connectivity index (χ2n) is 13.6. The number of aliphatic hydroxyl groups is 4. The number of carbonyl (C=O) groups is 2. The van der Waals surface area contributed by atoms with Crippen molar-refractivity contribution in [3.05, 3.63) is 0 Å². The van der Waals surface area contributed by atoms with Crippen LogP contribution in [0, 0.1) is 23.7 Å². The first kappa shape index (κ1) is 38.3. The molecule has 0 aliphatic carbocycles. The van der Waals surface area contributed by atoms with E-state index < -0.39 is 83.6 Å². The predicted octanol–water partition coefficient (Wildman–Crippen LogP) is 1.69. The van der Waals surface area contributed by atoms with Crippen LogP contribution in [0.15, 0.2) is 5.16 Å². The van der Waals surface area contributed by atoms with E-state index in [1.165, 1.54) is 27.7 Å². The Morgan fingerprint density at radius 1 is 1.09 bits per heavy atom. The zero-order valence-electron chi connectivity index (χ0n) is 28.1. The van der Waals surface area contributed by atoms with Crippen molar-refractivity contribution in [2.75, 3.05) is 14.1 Å². The van der Waals surface area contributed by atoms with Crippen LogP contribution in [-0.4, -0.2) is 122 Å². The van der Waals surface area contributed by atoms with E-state index in [0.29, 0.717) is 6.42 Å². The van der Waals surface area contributed by atoms with Gasteiger partial charge in [0, 0.05) is 30.7 Å². The van der Waals surface area contributed by atoms with Gasteiger partial charge in [-0.25, -0.2) is 0 Å². The SMILES string of the molecule is CCC1OC(=O)C(C)C(OC(C)=O)C(C)C(OC2OC(C)CC(N(C)C)C2O)C(C)(O)CC(C)C(=NO)C(C)C(O)C1(C)O. The fraction of sp³-hybridized carbons (Fsp3) is 0.903. The van der Waals surface area contributed by atoms with Gasteiger partial charge in [-0.05, 0) is 61.1 Å². The topological polar surface area (TPSA) is 188 Å². The van der Waals surface area contributed by atoms with Crippen LogP contribution in [0.1, 0.15) is 81.6 Å². The molecular formula is C31H56N2O11. The Balaban J connectivity index is 2.72. The number of oxime groups is 1. The largest absolute Gasteiger partial charge is 0.461 e. The van der Waals surface area contributed by atoms with E-state index >= 15 is 0 Å². The molecule has 0 bridgehead atoms. The highest BCUT2D eigenvalue weighted by molar-refractivity contribution is 5.88. The first-order valence-electron chi connectivity index (χ1n) is 15.6. The van der Waals surface area contributed by atoms with Crippen LogP contribution in [0.4, 0.5) is 0 Å². The molecular weight excluding hydrogens is 576 g/mol. The van der Waals surface area contributed by atoms with Gasteiger partial charge in [0.25, 0.3) is 0 Å². The highest BCUT2D eigenvalue weighted by Crippen LogP contribution is 2.38. The smallest absolute Gasteiger partial charge is 0.312 e. The van der Waals surface area contributed by atoms with Gasteiger partial charge in [0.15, 0.2) is 6.29 Å². The molecule has 44 heavy (non-hydrogen) atoms. The minimum absolute atomic E-state index is 0.0705. The third-order valence-electron chi connectivity index (χ3n) is 9.49. The van der Waals surface area contributed by atoms with Gasteiger partial charge in [0.1, 0.15) is 23.9 Å². The van der Waals surface area contributed by atoms with Crippen LogP contribution in [0.5, 0.6) is 0 Å². The van der Waals surface area contributed by atoms with Gasteiger partial charge in [-0.15, -0.1) is 0 Å². The molecule has 2 saturated heterocycles. The summed E-state index contributed by atoms with van der Waals surface area (Å²) in [7, 11) is 3.67. The molecule has 0 amide bonds. The lowest BCUT2D eigenvalue weighted by Gasteiger charge is -2.47. The second-order valence-corrected chi connectivity index (χ2v) is 13.6. The number of hydrogen-bond donors (Lipinski definition) is 5. The van der Waals surface area contributed by atoms with Crippen molar-refractivity contribution >= 4 is 17.7 Å². The Morgan fingerprint density at radius 2 is 1.68 bits per heavy atom. The summed E-state index contributed by atoms with van der Waals surface area (Å²) in [6.45, 7) is 14.0. The molecule has 5 N–H and O–H groups in total. The van der Waals surface area contributed by atoms with Crippen molar-refractivity contribution in [3.63, 3.8) is 0 Å². The van der Waals surface area contributed by atoms with Crippen molar-refractivity contribution in [1.82, 2.24) is 4.90 Å². The van der Waals surface area contributed by atoms with Gasteiger partial charge in [-0.1, -0.05) is 32.9 Å². The summed E-state index contributed by atoms with van der Waals surface area (Å²) in [5.41, 5.74) is -3.60. The zero-order valence-corrected chi connectivity index (χ0v) is 28.1. The summed E-state index contributed by atoms with van der Waals surface area (Å²) in [4.78, 5) is 27.8. The molecule has 2 aliphatic heterocycles. The van der Waals surface area contributed by atoms with E-state index in [-0.39, 0.29) is 30.7 Å². The average Bonchev–Trinajstić information content (AvgIpc) is 2.92. The summed E-state index contributed by atoms with van der Waals surface area (Å²) in [6.07, 6.45) is -6.99. The first-order valence-corrected chi connectivity index (χ1v) is 15.6. The van der Waals surface area contributed by atoms with Gasteiger partial charge in [0.05, 0.1) is 35.5 Å². The number of carbonyl (C=O) groups excluding carboxylic acids is 2. The van der Waals surface area contributed by atoms with Crippen molar-refractivity contribution in [3.8, 4) is 0 Å². The summed E-state index contributed by atoms with van der Waals surface area (Å²) in [5, 5.41) is 59.6. The number of esters is 2. The Hall–Kier alpha value is -1.87. The Morgan fingerprint density at radius 3 is 2.18 bits per heavy atom. The molecule has 0 spiro atoms. The molecule has 2 aliphatic rings. The maximum Gasteiger partial charge on any atom is 0.312 e. The molecule has 2 rings (SSSR count). The molecule has 0 saturated carbocycles. The van der Waals surface area contributed by atoms with Gasteiger partial charge in [-0.2, -0.15) is 0 Å². The van der Waals surface area contributed by atoms with Crippen LogP contribution < -0.4 is 0 Å². The number of ether oxygens (including phenoxy) is 4. The third-order valence-corrected chi connectivity index (χ3v) is 9.49. The Kier molecular flexibility index (Phi) is 13.2. The number of likely N-dealkylation sites (N-methyl/N-ethyl adjacent to an activating group) is 1. The first-order chi connectivity index (χ1) is 20.2. The molecule has 2 heterocycles. The van der Waals surface area contributed by atoms with Crippen LogP contribution in [-0.2, 0) is 28.5 Å². The lowest BCUT2D eigenvalue weighted by atomic mass is 9.73. The van der Waals surface area contributed by atoms with E-state index in [4.69, 9.17) is 18.9 Å². The van der Waals surface area contributed by atoms with Gasteiger partial charge in [-0.3, -0.25) is 9.59 Å². The minimum Gasteiger partial charge on any atom is -0.461 e. The summed E-state index contributed by atoms with van der Waals surface area (Å²) < 4.78 is 23.9. The van der Waals surface area contributed by atoms with Crippen LogP contribution in [0.3, 0.4) is 0 Å². The molecule has 14 atom stereocenters. The van der Waals surface area contributed by atoms with Crippen molar-refractivity contribution in [2.45, 2.75) is 142 Å². The van der Waals surface area contributed by atoms with Gasteiger partial charge < -0.3 is 49.5 Å². The minimum atomic E-state index is -1.95. The van der Waals surface area contributed by atoms with E-state index in [0.717, 1.165) is 0 Å². The summed E-state index contributed by atoms with van der Waals surface area (Å²) >= 11 is 0. The Bertz CT molecular complexity index is 1000. The molecule has 0 aromatic heterocycles. The molecule has 0 aromatic carbocycles. The third kappa shape index (κ3) is 8.48. The number of hydrogen-bond acceptors (Lipinski definition) is 13. The average molecular weight is 633 g/mol. The Labute approximate surface area is 261 Å². The monoisotopic (exact) mass is 632 g/mol. The normalized spacial score (nSPS) is 45.9. The number of aliphatic hydroxyl groups excluding tert-OH is 2. The molecule has 13 heteroatoms. The summed E-state index contributed by atoms with van der Waals surface area (Å²) in [6, 6.07) is -0.311. The molecule has 256 valence electrons. The molecule has 13 nitrogen and oxygen atoms in total. The highest BCUT2D eigenvalue weighted by Gasteiger charge is 2.51. The number of nitrogens with zero attached hydrogens (tertiary/aromatic N) is 2. The molecule has 2 fully saturated rings. The van der Waals surface area contributed by atoms with Crippen molar-refractivity contribution < 1.29 is 54.2 Å². The fourth-order valence-electron chi connectivity index (χ4n) is 7.00. The highest BCUT2D eigenvalue weighted by atomic mass is 16.7. The number of rotatable bonds is 5.